The van der Waals surface area contributed by atoms with Crippen LogP contribution < -0.4 is 4.74 Å². The SMILES string of the molecule is C[C@@H]1Cc2cc(C(O)=C3C(=O)C(=O)N(Cc4cccnc4)[C@@H]3c3cccc(Cl)c3)ccc2O1. The van der Waals surface area contributed by atoms with Crippen LogP contribution in [-0.4, -0.2) is 32.8 Å². The van der Waals surface area contributed by atoms with E-state index in [1.165, 1.54) is 4.90 Å². The lowest BCUT2D eigenvalue weighted by atomic mass is 9.94. The van der Waals surface area contributed by atoms with Crippen molar-refractivity contribution in [2.75, 3.05) is 0 Å². The van der Waals surface area contributed by atoms with Gasteiger partial charge in [-0.05, 0) is 60.0 Å². The highest BCUT2D eigenvalue weighted by Gasteiger charge is 2.46. The topological polar surface area (TPSA) is 79.7 Å². The van der Waals surface area contributed by atoms with E-state index in [-0.39, 0.29) is 24.0 Å². The molecule has 0 radical (unpaired) electrons. The van der Waals surface area contributed by atoms with E-state index in [1.807, 2.05) is 19.1 Å². The summed E-state index contributed by atoms with van der Waals surface area (Å²) in [6.07, 6.45) is 4.05. The first-order chi connectivity index (χ1) is 15.9. The Hall–Kier alpha value is -3.64. The van der Waals surface area contributed by atoms with Gasteiger partial charge >= 0.3 is 0 Å². The predicted molar refractivity (Wildman–Crippen MR) is 124 cm³/mol. The zero-order valence-electron chi connectivity index (χ0n) is 17.9. The number of Topliss-reactive ketones (excluding diaryl/α,β-unsaturated/α-hetero) is 1. The molecular formula is C26H21ClN2O4. The first kappa shape index (κ1) is 21.2. The second-order valence-corrected chi connectivity index (χ2v) is 8.73. The first-order valence-electron chi connectivity index (χ1n) is 10.6. The lowest BCUT2D eigenvalue weighted by Crippen LogP contribution is -2.29. The number of fused-ring (bicyclic) bond motifs is 1. The maximum Gasteiger partial charge on any atom is 0.295 e. The fourth-order valence-corrected chi connectivity index (χ4v) is 4.68. The summed E-state index contributed by atoms with van der Waals surface area (Å²) in [4.78, 5) is 31.9. The Labute approximate surface area is 196 Å². The molecule has 3 aromatic rings. The van der Waals surface area contributed by atoms with Gasteiger partial charge in [0.1, 0.15) is 17.6 Å². The molecule has 2 atom stereocenters. The molecule has 0 spiro atoms. The van der Waals surface area contributed by atoms with Gasteiger partial charge in [-0.2, -0.15) is 0 Å². The fraction of sp³-hybridized carbons (Fsp3) is 0.192. The Morgan fingerprint density at radius 1 is 1.18 bits per heavy atom. The Bertz CT molecular complexity index is 1290. The van der Waals surface area contributed by atoms with Crippen LogP contribution in [0.2, 0.25) is 5.02 Å². The average Bonchev–Trinajstić information content (AvgIpc) is 3.30. The van der Waals surface area contributed by atoms with Gasteiger partial charge in [0.25, 0.3) is 11.7 Å². The maximum absolute atomic E-state index is 13.2. The molecular weight excluding hydrogens is 440 g/mol. The molecule has 2 aromatic carbocycles. The van der Waals surface area contributed by atoms with Crippen LogP contribution in [0.15, 0.2) is 72.6 Å². The van der Waals surface area contributed by atoms with Gasteiger partial charge < -0.3 is 14.7 Å². The normalized spacial score (nSPS) is 21.2. The zero-order valence-corrected chi connectivity index (χ0v) is 18.6. The minimum absolute atomic E-state index is 0.0399. The van der Waals surface area contributed by atoms with Crippen LogP contribution in [0.3, 0.4) is 0 Å². The van der Waals surface area contributed by atoms with Gasteiger partial charge in [-0.3, -0.25) is 14.6 Å². The minimum Gasteiger partial charge on any atom is -0.507 e. The minimum atomic E-state index is -0.785. The number of rotatable bonds is 4. The molecule has 0 bridgehead atoms. The quantitative estimate of drug-likeness (QED) is 0.347. The number of hydrogen-bond acceptors (Lipinski definition) is 5. The zero-order chi connectivity index (χ0) is 23.1. The van der Waals surface area contributed by atoms with Crippen molar-refractivity contribution >= 4 is 29.1 Å². The standard InChI is InChI=1S/C26H21ClN2O4/c1-15-10-19-11-18(7-8-21(19)33-15)24(30)22-23(17-5-2-6-20(27)12-17)29(26(32)25(22)31)14-16-4-3-9-28-13-16/h2-9,11-13,15,23,30H,10,14H2,1H3/t15-,23-/m1/s1. The molecule has 33 heavy (non-hydrogen) atoms. The lowest BCUT2D eigenvalue weighted by molar-refractivity contribution is -0.140. The number of benzene rings is 2. The highest BCUT2D eigenvalue weighted by molar-refractivity contribution is 6.46. The van der Waals surface area contributed by atoms with E-state index in [4.69, 9.17) is 16.3 Å². The fourth-order valence-electron chi connectivity index (χ4n) is 4.48. The number of pyridine rings is 1. The maximum atomic E-state index is 13.2. The number of amides is 1. The molecule has 2 aliphatic heterocycles. The van der Waals surface area contributed by atoms with Gasteiger partial charge in [-0.1, -0.05) is 29.8 Å². The van der Waals surface area contributed by atoms with E-state index in [0.29, 0.717) is 22.6 Å². The third-order valence-corrected chi connectivity index (χ3v) is 6.18. The molecule has 1 N–H and O–H groups in total. The summed E-state index contributed by atoms with van der Waals surface area (Å²) >= 11 is 6.24. The van der Waals surface area contributed by atoms with E-state index in [9.17, 15) is 14.7 Å². The summed E-state index contributed by atoms with van der Waals surface area (Å²) in [6, 6.07) is 15.1. The summed E-state index contributed by atoms with van der Waals surface area (Å²) in [5.41, 5.74) is 2.88. The Morgan fingerprint density at radius 2 is 2.03 bits per heavy atom. The van der Waals surface area contributed by atoms with Crippen LogP contribution in [-0.2, 0) is 22.6 Å². The van der Waals surface area contributed by atoms with Crippen LogP contribution >= 0.6 is 11.6 Å². The van der Waals surface area contributed by atoms with E-state index in [2.05, 4.69) is 4.98 Å². The highest BCUT2D eigenvalue weighted by atomic mass is 35.5. The summed E-state index contributed by atoms with van der Waals surface area (Å²) < 4.78 is 5.74. The first-order valence-corrected chi connectivity index (χ1v) is 11.0. The summed E-state index contributed by atoms with van der Waals surface area (Å²) in [5.74, 6) is -0.855. The van der Waals surface area contributed by atoms with Crippen molar-refractivity contribution < 1.29 is 19.4 Å². The second kappa shape index (κ2) is 8.37. The molecule has 3 heterocycles. The third-order valence-electron chi connectivity index (χ3n) is 5.95. The van der Waals surface area contributed by atoms with Crippen molar-refractivity contribution in [2.45, 2.75) is 32.0 Å². The predicted octanol–water partition coefficient (Wildman–Crippen LogP) is 4.68. The van der Waals surface area contributed by atoms with Crippen molar-refractivity contribution in [3.63, 3.8) is 0 Å². The summed E-state index contributed by atoms with van der Waals surface area (Å²) in [6.45, 7) is 2.14. The molecule has 0 unspecified atom stereocenters. The third kappa shape index (κ3) is 3.87. The Morgan fingerprint density at radius 3 is 2.79 bits per heavy atom. The summed E-state index contributed by atoms with van der Waals surface area (Å²) in [7, 11) is 0. The van der Waals surface area contributed by atoms with Crippen molar-refractivity contribution in [3.05, 3.63) is 99.8 Å². The molecule has 6 nitrogen and oxygen atoms in total. The van der Waals surface area contributed by atoms with Crippen LogP contribution in [0.25, 0.3) is 5.76 Å². The van der Waals surface area contributed by atoms with Gasteiger partial charge in [-0.15, -0.1) is 0 Å². The van der Waals surface area contributed by atoms with Crippen molar-refractivity contribution in [2.24, 2.45) is 0 Å². The number of halogens is 1. The van der Waals surface area contributed by atoms with Crippen molar-refractivity contribution in [3.8, 4) is 5.75 Å². The van der Waals surface area contributed by atoms with Gasteiger partial charge in [0.15, 0.2) is 0 Å². The molecule has 1 saturated heterocycles. The number of nitrogens with zero attached hydrogens (tertiary/aromatic N) is 2. The number of aliphatic hydroxyl groups is 1. The number of hydrogen-bond donors (Lipinski definition) is 1. The molecule has 1 amide bonds. The molecule has 2 aliphatic rings. The number of ether oxygens (including phenoxy) is 1. The lowest BCUT2D eigenvalue weighted by Gasteiger charge is -2.25. The number of carbonyl (C=O) groups excluding carboxylic acids is 2. The molecule has 1 fully saturated rings. The molecule has 166 valence electrons. The van der Waals surface area contributed by atoms with E-state index >= 15 is 0 Å². The van der Waals surface area contributed by atoms with Crippen LogP contribution in [0.1, 0.15) is 35.2 Å². The number of aromatic nitrogens is 1. The smallest absolute Gasteiger partial charge is 0.295 e. The highest BCUT2D eigenvalue weighted by Crippen LogP contribution is 2.41. The van der Waals surface area contributed by atoms with Crippen molar-refractivity contribution in [1.82, 2.24) is 9.88 Å². The van der Waals surface area contributed by atoms with E-state index in [1.54, 1.807) is 54.9 Å². The van der Waals surface area contributed by atoms with Crippen LogP contribution in [0, 0.1) is 0 Å². The number of likely N-dealkylation sites (tertiary alicyclic amines) is 1. The number of ketones is 1. The summed E-state index contributed by atoms with van der Waals surface area (Å²) in [5, 5.41) is 11.8. The Kier molecular flexibility index (Phi) is 5.38. The van der Waals surface area contributed by atoms with Gasteiger partial charge in [0, 0.05) is 35.9 Å². The molecule has 0 saturated carbocycles. The monoisotopic (exact) mass is 460 g/mol. The molecule has 5 rings (SSSR count). The molecule has 7 heteroatoms. The largest absolute Gasteiger partial charge is 0.507 e. The number of carbonyl (C=O) groups is 2. The van der Waals surface area contributed by atoms with E-state index in [0.717, 1.165) is 16.9 Å². The Balaban J connectivity index is 1.64. The van der Waals surface area contributed by atoms with Crippen LogP contribution in [0.4, 0.5) is 0 Å². The van der Waals surface area contributed by atoms with Crippen molar-refractivity contribution in [1.29, 1.82) is 0 Å². The molecule has 1 aromatic heterocycles. The van der Waals surface area contributed by atoms with Gasteiger partial charge in [-0.25, -0.2) is 0 Å². The number of aliphatic hydroxyl groups excluding tert-OH is 1. The van der Waals surface area contributed by atoms with E-state index < -0.39 is 17.7 Å². The average molecular weight is 461 g/mol. The molecule has 0 aliphatic carbocycles. The van der Waals surface area contributed by atoms with Gasteiger partial charge in [0.05, 0.1) is 11.6 Å². The van der Waals surface area contributed by atoms with Gasteiger partial charge in [0.2, 0.25) is 0 Å². The second-order valence-electron chi connectivity index (χ2n) is 8.30. The van der Waals surface area contributed by atoms with Crippen LogP contribution in [0.5, 0.6) is 5.75 Å².